The van der Waals surface area contributed by atoms with Crippen LogP contribution < -0.4 is 5.32 Å². The van der Waals surface area contributed by atoms with Crippen molar-refractivity contribution in [1.82, 2.24) is 5.32 Å². The first-order valence-corrected chi connectivity index (χ1v) is 6.34. The molecule has 0 aliphatic heterocycles. The van der Waals surface area contributed by atoms with Gasteiger partial charge in [-0.25, -0.2) is 9.59 Å². The highest BCUT2D eigenvalue weighted by atomic mass is 16.6. The highest BCUT2D eigenvalue weighted by Gasteiger charge is 2.44. The lowest BCUT2D eigenvalue weighted by atomic mass is 9.83. The minimum atomic E-state index is -1.34. The fourth-order valence-electron chi connectivity index (χ4n) is 1.65. The zero-order chi connectivity index (χ0) is 16.0. The van der Waals surface area contributed by atoms with Crippen molar-refractivity contribution in [3.8, 4) is 0 Å². The maximum Gasteiger partial charge on any atom is 0.408 e. The van der Waals surface area contributed by atoms with E-state index in [1.807, 2.05) is 0 Å². The largest absolute Gasteiger partial charge is 0.467 e. The molecule has 0 saturated carbocycles. The molecule has 7 nitrogen and oxygen atoms in total. The Balaban J connectivity index is 5.29. The van der Waals surface area contributed by atoms with E-state index in [9.17, 15) is 9.59 Å². The summed E-state index contributed by atoms with van der Waals surface area (Å²) in [6, 6.07) is 0. The van der Waals surface area contributed by atoms with E-state index in [0.29, 0.717) is 0 Å². The average Bonchev–Trinajstić information content (AvgIpc) is 2.30. The summed E-state index contributed by atoms with van der Waals surface area (Å²) < 4.78 is 9.91. The maximum atomic E-state index is 12.0. The van der Waals surface area contributed by atoms with Gasteiger partial charge in [-0.2, -0.15) is 0 Å². The molecule has 2 N–H and O–H groups in total. The van der Waals surface area contributed by atoms with Crippen LogP contribution in [0.3, 0.4) is 0 Å². The fourth-order valence-corrected chi connectivity index (χ4v) is 1.65. The van der Waals surface area contributed by atoms with Crippen LogP contribution in [0.25, 0.3) is 0 Å². The average molecular weight is 288 g/mol. The Labute approximate surface area is 119 Å². The predicted molar refractivity (Wildman–Crippen MR) is 73.9 cm³/mol. The summed E-state index contributed by atoms with van der Waals surface area (Å²) in [6.07, 6.45) is 0.393. The molecule has 0 fully saturated rings. The molecule has 7 heteroatoms. The highest BCUT2D eigenvalue weighted by molar-refractivity contribution is 5.89. The number of ether oxygens (including phenoxy) is 2. The van der Waals surface area contributed by atoms with E-state index >= 15 is 0 Å². The fraction of sp³-hybridized carbons (Fsp3) is 0.769. The van der Waals surface area contributed by atoms with Gasteiger partial charge >= 0.3 is 12.1 Å². The van der Waals surface area contributed by atoms with Gasteiger partial charge in [-0.15, -0.1) is 5.16 Å². The Bertz CT molecular complexity index is 373. The van der Waals surface area contributed by atoms with Crippen molar-refractivity contribution < 1.29 is 24.3 Å². The molecular weight excluding hydrogens is 264 g/mol. The molecule has 116 valence electrons. The normalized spacial score (nSPS) is 14.9. The van der Waals surface area contributed by atoms with E-state index in [2.05, 4.69) is 10.5 Å². The van der Waals surface area contributed by atoms with E-state index in [4.69, 9.17) is 14.7 Å². The van der Waals surface area contributed by atoms with Gasteiger partial charge in [0.05, 0.1) is 7.11 Å². The van der Waals surface area contributed by atoms with E-state index in [-0.39, 0.29) is 12.3 Å². The van der Waals surface area contributed by atoms with Gasteiger partial charge in [0.1, 0.15) is 11.1 Å². The number of nitrogens with zero attached hydrogens (tertiary/aromatic N) is 1. The molecule has 0 aliphatic rings. The Kier molecular flexibility index (Phi) is 6.48. The molecule has 20 heavy (non-hydrogen) atoms. The van der Waals surface area contributed by atoms with Crippen LogP contribution in [-0.4, -0.2) is 41.7 Å². The van der Waals surface area contributed by atoms with Gasteiger partial charge in [-0.05, 0) is 26.7 Å². The molecule has 0 bridgehead atoms. The van der Waals surface area contributed by atoms with Crippen LogP contribution in [0.4, 0.5) is 4.79 Å². The highest BCUT2D eigenvalue weighted by Crippen LogP contribution is 2.23. The van der Waals surface area contributed by atoms with Gasteiger partial charge in [0.15, 0.2) is 0 Å². The topological polar surface area (TPSA) is 97.2 Å². The van der Waals surface area contributed by atoms with Crippen LogP contribution in [0.15, 0.2) is 5.16 Å². The Morgan fingerprint density at radius 3 is 2.25 bits per heavy atom. The second kappa shape index (κ2) is 7.12. The van der Waals surface area contributed by atoms with Crippen LogP contribution in [0.1, 0.15) is 41.0 Å². The van der Waals surface area contributed by atoms with E-state index in [0.717, 1.165) is 6.21 Å². The van der Waals surface area contributed by atoms with Crippen LogP contribution in [0, 0.1) is 5.92 Å². The molecule has 1 atom stereocenters. The lowest BCUT2D eigenvalue weighted by molar-refractivity contribution is -0.150. The first-order valence-electron chi connectivity index (χ1n) is 6.34. The lowest BCUT2D eigenvalue weighted by Gasteiger charge is -2.35. The molecule has 1 amide bonds. The van der Waals surface area contributed by atoms with Gasteiger partial charge in [-0.1, -0.05) is 13.8 Å². The van der Waals surface area contributed by atoms with E-state index in [1.165, 1.54) is 7.11 Å². The quantitative estimate of drug-likeness (QED) is 0.349. The summed E-state index contributed by atoms with van der Waals surface area (Å²) in [5.41, 5.74) is -2.03. The number of esters is 1. The zero-order valence-electron chi connectivity index (χ0n) is 12.9. The molecule has 0 rings (SSSR count). The third-order valence-electron chi connectivity index (χ3n) is 2.75. The molecule has 0 aromatic heterocycles. The third kappa shape index (κ3) is 5.07. The number of alkyl carbamates (subject to hydrolysis) is 1. The van der Waals surface area contributed by atoms with Crippen molar-refractivity contribution in [2.24, 2.45) is 11.1 Å². The summed E-state index contributed by atoms with van der Waals surface area (Å²) in [6.45, 7) is 8.66. The lowest BCUT2D eigenvalue weighted by Crippen LogP contribution is -2.59. The third-order valence-corrected chi connectivity index (χ3v) is 2.75. The molecule has 0 heterocycles. The molecule has 0 unspecified atom stereocenters. The van der Waals surface area contributed by atoms with Gasteiger partial charge < -0.3 is 20.0 Å². The van der Waals surface area contributed by atoms with Gasteiger partial charge in [-0.3, -0.25) is 0 Å². The van der Waals surface area contributed by atoms with Crippen molar-refractivity contribution in [2.45, 2.75) is 52.2 Å². The van der Waals surface area contributed by atoms with Crippen LogP contribution in [-0.2, 0) is 14.3 Å². The Hall–Kier alpha value is -1.79. The molecule has 0 aliphatic carbocycles. The number of carbonyl (C=O) groups is 2. The van der Waals surface area contributed by atoms with Crippen molar-refractivity contribution in [2.75, 3.05) is 7.11 Å². The minimum Gasteiger partial charge on any atom is -0.467 e. The SMILES string of the molecule is COC(=O)[C@](C/C=N/O)(NC(=O)OC(C)(C)C)C(C)C. The van der Waals surface area contributed by atoms with Crippen LogP contribution in [0.5, 0.6) is 0 Å². The first-order chi connectivity index (χ1) is 9.09. The smallest absolute Gasteiger partial charge is 0.408 e. The molecule has 0 radical (unpaired) electrons. The summed E-state index contributed by atoms with van der Waals surface area (Å²) in [4.78, 5) is 24.0. The molecule has 0 aromatic rings. The maximum absolute atomic E-state index is 12.0. The second-order valence-electron chi connectivity index (χ2n) is 5.75. The summed E-state index contributed by atoms with van der Waals surface area (Å²) in [5.74, 6) is -0.918. The first kappa shape index (κ1) is 18.2. The van der Waals surface area contributed by atoms with Gasteiger partial charge in [0, 0.05) is 12.6 Å². The number of methoxy groups -OCH3 is 1. The van der Waals surface area contributed by atoms with Crippen molar-refractivity contribution in [3.63, 3.8) is 0 Å². The number of hydrogen-bond donors (Lipinski definition) is 2. The molecule has 0 aromatic carbocycles. The molecular formula is C13H24N2O5. The Morgan fingerprint density at radius 1 is 1.35 bits per heavy atom. The summed E-state index contributed by atoms with van der Waals surface area (Å²) in [5, 5.41) is 14.0. The van der Waals surface area contributed by atoms with Crippen molar-refractivity contribution >= 4 is 18.3 Å². The number of hydrogen-bond acceptors (Lipinski definition) is 6. The number of nitrogens with one attached hydrogen (secondary N) is 1. The van der Waals surface area contributed by atoms with Crippen LogP contribution in [0.2, 0.25) is 0 Å². The van der Waals surface area contributed by atoms with E-state index in [1.54, 1.807) is 34.6 Å². The monoisotopic (exact) mass is 288 g/mol. The van der Waals surface area contributed by atoms with Gasteiger partial charge in [0.2, 0.25) is 0 Å². The molecule has 0 spiro atoms. The molecule has 0 saturated heterocycles. The zero-order valence-corrected chi connectivity index (χ0v) is 12.9. The van der Waals surface area contributed by atoms with Crippen LogP contribution >= 0.6 is 0 Å². The predicted octanol–water partition coefficient (Wildman–Crippen LogP) is 1.93. The number of oxime groups is 1. The standard InChI is InChI=1S/C13H24N2O5/c1-9(2)13(7-8-14-18,10(16)19-6)15-11(17)20-12(3,4)5/h8-9,18H,7H2,1-6H3,(H,15,17)/b14-8+/t13-/m1/s1. The number of carbonyl (C=O) groups excluding carboxylic acids is 2. The van der Waals surface area contributed by atoms with Gasteiger partial charge in [0.25, 0.3) is 0 Å². The van der Waals surface area contributed by atoms with Crippen molar-refractivity contribution in [1.29, 1.82) is 0 Å². The Morgan fingerprint density at radius 2 is 1.90 bits per heavy atom. The number of rotatable bonds is 5. The minimum absolute atomic E-state index is 0.00686. The summed E-state index contributed by atoms with van der Waals surface area (Å²) in [7, 11) is 1.23. The van der Waals surface area contributed by atoms with E-state index < -0.39 is 23.2 Å². The summed E-state index contributed by atoms with van der Waals surface area (Å²) >= 11 is 0. The number of amides is 1. The second-order valence-corrected chi connectivity index (χ2v) is 5.75. The van der Waals surface area contributed by atoms with Crippen molar-refractivity contribution in [3.05, 3.63) is 0 Å².